The van der Waals surface area contributed by atoms with Gasteiger partial charge in [0, 0.05) is 16.3 Å². The molecule has 0 N–H and O–H groups in total. The Bertz CT molecular complexity index is 562. The second-order valence-corrected chi connectivity index (χ2v) is 6.88. The maximum atomic E-state index is 12.4. The summed E-state index contributed by atoms with van der Waals surface area (Å²) in [7, 11) is 0. The summed E-state index contributed by atoms with van der Waals surface area (Å²) < 4.78 is 6.61. The van der Waals surface area contributed by atoms with Gasteiger partial charge in [-0.15, -0.1) is 0 Å². The molecule has 0 heterocycles. The lowest BCUT2D eigenvalue weighted by molar-refractivity contribution is -0.130. The Hall–Kier alpha value is -1.34. The van der Waals surface area contributed by atoms with E-state index in [0.29, 0.717) is 19.4 Å². The largest absolute Gasteiger partial charge is 0.493 e. The minimum absolute atomic E-state index is 0.0605. The van der Waals surface area contributed by atoms with Gasteiger partial charge in [-0.1, -0.05) is 35.8 Å². The molecule has 1 atom stereocenters. The number of nitriles is 1. The minimum Gasteiger partial charge on any atom is -0.493 e. The molecule has 3 nitrogen and oxygen atoms in total. The number of rotatable bonds is 4. The second-order valence-electron chi connectivity index (χ2n) is 5.96. The Balaban J connectivity index is 1.99. The topological polar surface area (TPSA) is 50.1 Å². The normalized spacial score (nSPS) is 24.4. The van der Waals surface area contributed by atoms with Crippen LogP contribution < -0.4 is 4.74 Å². The second kappa shape index (κ2) is 5.57. The molecular formula is C16H18BrNO2. The van der Waals surface area contributed by atoms with Crippen LogP contribution in [0.1, 0.15) is 33.1 Å². The van der Waals surface area contributed by atoms with Crippen molar-refractivity contribution in [2.75, 3.05) is 6.61 Å². The summed E-state index contributed by atoms with van der Waals surface area (Å²) in [5.74, 6) is 0.808. The summed E-state index contributed by atoms with van der Waals surface area (Å²) in [6.07, 6.45) is 1.87. The van der Waals surface area contributed by atoms with Gasteiger partial charge in [-0.3, -0.25) is 4.79 Å². The van der Waals surface area contributed by atoms with E-state index in [1.807, 2.05) is 38.1 Å². The number of Topliss-reactive ketones (excluding diaryl/α,β-unsaturated/α-hetero) is 1. The Kier molecular flexibility index (Phi) is 4.19. The van der Waals surface area contributed by atoms with E-state index in [-0.39, 0.29) is 11.2 Å². The van der Waals surface area contributed by atoms with Crippen molar-refractivity contribution in [2.24, 2.45) is 10.8 Å². The van der Waals surface area contributed by atoms with Gasteiger partial charge >= 0.3 is 0 Å². The first-order valence-corrected chi connectivity index (χ1v) is 7.53. The zero-order valence-corrected chi connectivity index (χ0v) is 13.4. The van der Waals surface area contributed by atoms with E-state index in [0.717, 1.165) is 16.6 Å². The third-order valence-electron chi connectivity index (χ3n) is 4.03. The molecule has 0 bridgehead atoms. The summed E-state index contributed by atoms with van der Waals surface area (Å²) in [6.45, 7) is 4.22. The van der Waals surface area contributed by atoms with Crippen LogP contribution in [-0.2, 0) is 4.79 Å². The molecular weight excluding hydrogens is 318 g/mol. The van der Waals surface area contributed by atoms with Gasteiger partial charge in [0.2, 0.25) is 0 Å². The Labute approximate surface area is 128 Å². The summed E-state index contributed by atoms with van der Waals surface area (Å²) in [6, 6.07) is 9.80. The van der Waals surface area contributed by atoms with Gasteiger partial charge in [0.1, 0.15) is 11.2 Å². The lowest BCUT2D eigenvalue weighted by atomic mass is 9.79. The molecule has 1 aromatic carbocycles. The summed E-state index contributed by atoms with van der Waals surface area (Å²) in [4.78, 5) is 12.4. The Morgan fingerprint density at radius 3 is 2.70 bits per heavy atom. The molecule has 0 aromatic heterocycles. The predicted molar refractivity (Wildman–Crippen MR) is 80.3 cm³/mol. The van der Waals surface area contributed by atoms with Crippen molar-refractivity contribution in [1.29, 1.82) is 5.26 Å². The van der Waals surface area contributed by atoms with Crippen molar-refractivity contribution < 1.29 is 9.53 Å². The van der Waals surface area contributed by atoms with Crippen molar-refractivity contribution in [3.8, 4) is 11.8 Å². The molecule has 1 aliphatic rings. The van der Waals surface area contributed by atoms with Crippen molar-refractivity contribution in [1.82, 2.24) is 0 Å². The molecule has 1 unspecified atom stereocenters. The number of nitrogens with zero attached hydrogens (tertiary/aromatic N) is 1. The van der Waals surface area contributed by atoms with Crippen LogP contribution in [0.3, 0.4) is 0 Å². The number of carbonyl (C=O) groups excluding carboxylic acids is 1. The van der Waals surface area contributed by atoms with Crippen molar-refractivity contribution in [3.63, 3.8) is 0 Å². The van der Waals surface area contributed by atoms with Crippen LogP contribution >= 0.6 is 15.9 Å². The third kappa shape index (κ3) is 2.88. The number of hydrogen-bond donors (Lipinski definition) is 0. The first-order valence-electron chi connectivity index (χ1n) is 6.74. The maximum Gasteiger partial charge on any atom is 0.158 e. The predicted octanol–water partition coefficient (Wildman–Crippen LogP) is 4.12. The average Bonchev–Trinajstić information content (AvgIpc) is 2.63. The molecule has 106 valence electrons. The molecule has 0 amide bonds. The number of hydrogen-bond acceptors (Lipinski definition) is 3. The Morgan fingerprint density at radius 2 is 2.15 bits per heavy atom. The molecule has 2 rings (SSSR count). The highest BCUT2D eigenvalue weighted by Gasteiger charge is 2.52. The van der Waals surface area contributed by atoms with E-state index in [1.165, 1.54) is 0 Å². The number of carbonyl (C=O) groups is 1. The zero-order chi connectivity index (χ0) is 14.8. The molecule has 1 saturated carbocycles. The maximum absolute atomic E-state index is 12.4. The number of benzene rings is 1. The number of halogens is 1. The van der Waals surface area contributed by atoms with Crippen LogP contribution in [0.25, 0.3) is 0 Å². The molecule has 0 saturated heterocycles. The first kappa shape index (κ1) is 15.1. The van der Waals surface area contributed by atoms with Crippen molar-refractivity contribution in [3.05, 3.63) is 28.7 Å². The van der Waals surface area contributed by atoms with E-state index >= 15 is 0 Å². The fraction of sp³-hybridized carbons (Fsp3) is 0.500. The molecule has 0 radical (unpaired) electrons. The van der Waals surface area contributed by atoms with Crippen molar-refractivity contribution >= 4 is 21.7 Å². The monoisotopic (exact) mass is 335 g/mol. The molecule has 1 aliphatic carbocycles. The quantitative estimate of drug-likeness (QED) is 0.831. The first-order chi connectivity index (χ1) is 9.39. The van der Waals surface area contributed by atoms with Gasteiger partial charge in [-0.25, -0.2) is 0 Å². The highest BCUT2D eigenvalue weighted by molar-refractivity contribution is 9.10. The van der Waals surface area contributed by atoms with Crippen LogP contribution in [-0.4, -0.2) is 12.4 Å². The molecule has 1 aromatic rings. The van der Waals surface area contributed by atoms with Gasteiger partial charge in [-0.05, 0) is 31.0 Å². The van der Waals surface area contributed by atoms with Gasteiger partial charge in [0.25, 0.3) is 0 Å². The van der Waals surface area contributed by atoms with E-state index < -0.39 is 5.41 Å². The lowest BCUT2D eigenvalue weighted by Gasteiger charge is -2.22. The van der Waals surface area contributed by atoms with Gasteiger partial charge in [0.15, 0.2) is 5.78 Å². The van der Waals surface area contributed by atoms with E-state index in [4.69, 9.17) is 4.74 Å². The standard InChI is InChI=1S/C16H18BrNO2/c1-15(2)6-7-16(11-18,14(15)19)8-9-20-13-5-3-4-12(17)10-13/h3-5,10H,6-9H2,1-2H3. The van der Waals surface area contributed by atoms with Gasteiger partial charge in [0.05, 0.1) is 12.7 Å². The Morgan fingerprint density at radius 1 is 1.40 bits per heavy atom. The smallest absolute Gasteiger partial charge is 0.158 e. The average molecular weight is 336 g/mol. The highest BCUT2D eigenvalue weighted by atomic mass is 79.9. The van der Waals surface area contributed by atoms with E-state index in [9.17, 15) is 10.1 Å². The summed E-state index contributed by atoms with van der Waals surface area (Å²) in [5, 5.41) is 9.43. The van der Waals surface area contributed by atoms with E-state index in [2.05, 4.69) is 22.0 Å². The molecule has 20 heavy (non-hydrogen) atoms. The van der Waals surface area contributed by atoms with E-state index in [1.54, 1.807) is 0 Å². The molecule has 0 aliphatic heterocycles. The van der Waals surface area contributed by atoms with Gasteiger partial charge < -0.3 is 4.74 Å². The van der Waals surface area contributed by atoms with Crippen LogP contribution in [0.15, 0.2) is 28.7 Å². The van der Waals surface area contributed by atoms with Crippen LogP contribution in [0.2, 0.25) is 0 Å². The minimum atomic E-state index is -0.866. The van der Waals surface area contributed by atoms with Crippen LogP contribution in [0.4, 0.5) is 0 Å². The third-order valence-corrected chi connectivity index (χ3v) is 4.53. The number of ketones is 1. The van der Waals surface area contributed by atoms with Crippen LogP contribution in [0.5, 0.6) is 5.75 Å². The van der Waals surface area contributed by atoms with Gasteiger partial charge in [-0.2, -0.15) is 5.26 Å². The fourth-order valence-corrected chi connectivity index (χ4v) is 3.08. The highest BCUT2D eigenvalue weighted by Crippen LogP contribution is 2.47. The summed E-state index contributed by atoms with van der Waals surface area (Å²) >= 11 is 3.38. The molecule has 1 fully saturated rings. The van der Waals surface area contributed by atoms with Crippen LogP contribution in [0, 0.1) is 22.2 Å². The number of ether oxygens (including phenoxy) is 1. The van der Waals surface area contributed by atoms with Crippen molar-refractivity contribution in [2.45, 2.75) is 33.1 Å². The fourth-order valence-electron chi connectivity index (χ4n) is 2.70. The molecule has 0 spiro atoms. The summed E-state index contributed by atoms with van der Waals surface area (Å²) in [5.41, 5.74) is -1.25. The SMILES string of the molecule is CC1(C)CCC(C#N)(CCOc2cccc(Br)c2)C1=O. The zero-order valence-electron chi connectivity index (χ0n) is 11.8. The molecule has 4 heteroatoms. The lowest BCUT2D eigenvalue weighted by Crippen LogP contribution is -2.32.